The van der Waals surface area contributed by atoms with Gasteiger partial charge in [0.15, 0.2) is 0 Å². The Bertz CT molecular complexity index is 1200. The summed E-state index contributed by atoms with van der Waals surface area (Å²) in [6.45, 7) is 2.30. The second-order valence-electron chi connectivity index (χ2n) is 7.84. The molecule has 0 nitrogen and oxygen atoms in total. The van der Waals surface area contributed by atoms with Crippen LogP contribution < -0.4 is 0 Å². The highest BCUT2D eigenvalue weighted by Gasteiger charge is 2.39. The van der Waals surface area contributed by atoms with Gasteiger partial charge in [-0.25, -0.2) is 0 Å². The van der Waals surface area contributed by atoms with Crippen molar-refractivity contribution < 1.29 is 0 Å². The Morgan fingerprint density at radius 2 is 0.933 bits per heavy atom. The topological polar surface area (TPSA) is 0 Å². The van der Waals surface area contributed by atoms with E-state index in [-0.39, 0.29) is 5.41 Å². The van der Waals surface area contributed by atoms with E-state index in [1.807, 2.05) is 0 Å². The van der Waals surface area contributed by atoms with Crippen molar-refractivity contribution >= 4 is 16.7 Å². The predicted molar refractivity (Wildman–Crippen MR) is 127 cm³/mol. The van der Waals surface area contributed by atoms with Gasteiger partial charge in [-0.15, -0.1) is 0 Å². The lowest BCUT2D eigenvalue weighted by Gasteiger charge is -2.28. The van der Waals surface area contributed by atoms with E-state index in [9.17, 15) is 0 Å². The fourth-order valence-electron chi connectivity index (χ4n) is 4.49. The van der Waals surface area contributed by atoms with Gasteiger partial charge < -0.3 is 0 Å². The van der Waals surface area contributed by atoms with Gasteiger partial charge in [0.2, 0.25) is 0 Å². The van der Waals surface area contributed by atoms with E-state index in [2.05, 4.69) is 134 Å². The standard InChI is InChI=1S/C30H23/c1-30(26-20-12-5-13-21-26)22-27(23-14-6-2-7-15-23)28(24-16-8-3-9-17-24)29(30)25-18-10-4-11-19-25/h2-21H,1H3. The first-order chi connectivity index (χ1) is 14.8. The van der Waals surface area contributed by atoms with E-state index in [1.54, 1.807) is 0 Å². The maximum absolute atomic E-state index is 3.94. The van der Waals surface area contributed by atoms with Crippen molar-refractivity contribution in [2.75, 3.05) is 0 Å². The number of hydrogen-bond donors (Lipinski definition) is 0. The van der Waals surface area contributed by atoms with Gasteiger partial charge in [0, 0.05) is 5.41 Å². The highest BCUT2D eigenvalue weighted by Crippen LogP contribution is 2.53. The molecule has 0 bridgehead atoms. The maximum atomic E-state index is 3.94. The SMILES string of the molecule is CC1(c2ccccc2)[C]=C(c2ccccc2)C(c2ccccc2)=C1c1ccccc1. The molecule has 1 aliphatic carbocycles. The van der Waals surface area contributed by atoms with Gasteiger partial charge in [-0.05, 0) is 52.0 Å². The van der Waals surface area contributed by atoms with Crippen LogP contribution >= 0.6 is 0 Å². The summed E-state index contributed by atoms with van der Waals surface area (Å²) in [5.41, 5.74) is 8.31. The molecule has 30 heavy (non-hydrogen) atoms. The summed E-state index contributed by atoms with van der Waals surface area (Å²) >= 11 is 0. The van der Waals surface area contributed by atoms with Gasteiger partial charge in [-0.1, -0.05) is 121 Å². The Kier molecular flexibility index (Phi) is 4.69. The van der Waals surface area contributed by atoms with Crippen LogP contribution in [0.15, 0.2) is 121 Å². The Morgan fingerprint density at radius 3 is 1.47 bits per heavy atom. The van der Waals surface area contributed by atoms with E-state index < -0.39 is 0 Å². The van der Waals surface area contributed by atoms with Crippen LogP contribution in [-0.4, -0.2) is 0 Å². The molecule has 1 unspecified atom stereocenters. The zero-order valence-corrected chi connectivity index (χ0v) is 17.0. The minimum atomic E-state index is -0.348. The van der Waals surface area contributed by atoms with Crippen molar-refractivity contribution in [2.45, 2.75) is 12.3 Å². The monoisotopic (exact) mass is 383 g/mol. The van der Waals surface area contributed by atoms with Crippen LogP contribution in [0.2, 0.25) is 0 Å². The molecule has 0 heteroatoms. The fraction of sp³-hybridized carbons (Fsp3) is 0.0667. The Balaban J connectivity index is 1.87. The van der Waals surface area contributed by atoms with Crippen molar-refractivity contribution in [3.8, 4) is 0 Å². The zero-order chi connectivity index (χ0) is 20.4. The van der Waals surface area contributed by atoms with Crippen LogP contribution in [0.1, 0.15) is 29.2 Å². The summed E-state index contributed by atoms with van der Waals surface area (Å²) < 4.78 is 0. The molecule has 0 saturated heterocycles. The summed E-state index contributed by atoms with van der Waals surface area (Å²) in [5.74, 6) is 0. The molecule has 0 aromatic heterocycles. The van der Waals surface area contributed by atoms with Gasteiger partial charge in [-0.2, -0.15) is 0 Å². The quantitative estimate of drug-likeness (QED) is 0.343. The van der Waals surface area contributed by atoms with Crippen LogP contribution in [0.3, 0.4) is 0 Å². The summed E-state index contributed by atoms with van der Waals surface area (Å²) in [5, 5.41) is 0. The third kappa shape index (κ3) is 3.11. The third-order valence-electron chi connectivity index (χ3n) is 5.91. The van der Waals surface area contributed by atoms with E-state index in [4.69, 9.17) is 0 Å². The normalized spacial score (nSPS) is 18.4. The molecule has 1 atom stereocenters. The van der Waals surface area contributed by atoms with Crippen molar-refractivity contribution in [3.05, 3.63) is 150 Å². The summed E-state index contributed by atoms with van der Waals surface area (Å²) in [7, 11) is 0. The number of benzene rings is 4. The van der Waals surface area contributed by atoms with Crippen molar-refractivity contribution in [2.24, 2.45) is 0 Å². The Hall–Kier alpha value is -3.64. The van der Waals surface area contributed by atoms with Crippen LogP contribution in [0.25, 0.3) is 16.7 Å². The molecule has 4 aromatic carbocycles. The first-order valence-electron chi connectivity index (χ1n) is 10.4. The lowest BCUT2D eigenvalue weighted by molar-refractivity contribution is 0.770. The average Bonchev–Trinajstić information content (AvgIpc) is 3.16. The molecule has 0 fully saturated rings. The van der Waals surface area contributed by atoms with E-state index in [0.29, 0.717) is 0 Å². The largest absolute Gasteiger partial charge is 0.0622 e. The van der Waals surface area contributed by atoms with E-state index in [0.717, 1.165) is 0 Å². The van der Waals surface area contributed by atoms with Crippen molar-refractivity contribution in [1.82, 2.24) is 0 Å². The molecule has 0 spiro atoms. The van der Waals surface area contributed by atoms with Crippen LogP contribution in [0, 0.1) is 6.08 Å². The minimum absolute atomic E-state index is 0.348. The van der Waals surface area contributed by atoms with Gasteiger partial charge in [0.25, 0.3) is 0 Å². The smallest absolute Gasteiger partial charge is 0.0445 e. The van der Waals surface area contributed by atoms with Gasteiger partial charge in [0.1, 0.15) is 0 Å². The molecule has 0 saturated carbocycles. The Morgan fingerprint density at radius 1 is 0.500 bits per heavy atom. The lowest BCUT2D eigenvalue weighted by Crippen LogP contribution is -2.20. The van der Waals surface area contributed by atoms with Crippen LogP contribution in [0.5, 0.6) is 0 Å². The molecular weight excluding hydrogens is 360 g/mol. The van der Waals surface area contributed by atoms with E-state index in [1.165, 1.54) is 39.0 Å². The summed E-state index contributed by atoms with van der Waals surface area (Å²) in [6.07, 6.45) is 3.94. The maximum Gasteiger partial charge on any atom is 0.0445 e. The molecule has 1 aliphatic rings. The molecule has 0 heterocycles. The number of rotatable bonds is 4. The van der Waals surface area contributed by atoms with Gasteiger partial charge in [-0.3, -0.25) is 0 Å². The summed E-state index contributed by atoms with van der Waals surface area (Å²) in [4.78, 5) is 0. The number of hydrogen-bond acceptors (Lipinski definition) is 0. The van der Waals surface area contributed by atoms with Crippen LogP contribution in [-0.2, 0) is 5.41 Å². The highest BCUT2D eigenvalue weighted by atomic mass is 14.4. The molecule has 4 aromatic rings. The molecule has 5 rings (SSSR count). The molecule has 0 N–H and O–H groups in total. The lowest BCUT2D eigenvalue weighted by atomic mass is 9.74. The molecular formula is C30H23. The fourth-order valence-corrected chi connectivity index (χ4v) is 4.49. The second kappa shape index (κ2) is 7.65. The number of allylic oxidation sites excluding steroid dienone is 4. The molecule has 1 radical (unpaired) electrons. The Labute approximate surface area is 178 Å². The minimum Gasteiger partial charge on any atom is -0.0622 e. The zero-order valence-electron chi connectivity index (χ0n) is 17.0. The second-order valence-corrected chi connectivity index (χ2v) is 7.84. The highest BCUT2D eigenvalue weighted by molar-refractivity contribution is 6.20. The first-order valence-corrected chi connectivity index (χ1v) is 10.4. The molecule has 0 amide bonds. The summed E-state index contributed by atoms with van der Waals surface area (Å²) in [6, 6.07) is 42.9. The molecule has 143 valence electrons. The van der Waals surface area contributed by atoms with Crippen LogP contribution in [0.4, 0.5) is 0 Å². The molecule has 0 aliphatic heterocycles. The van der Waals surface area contributed by atoms with E-state index >= 15 is 0 Å². The predicted octanol–water partition coefficient (Wildman–Crippen LogP) is 7.46. The average molecular weight is 384 g/mol. The van der Waals surface area contributed by atoms with Gasteiger partial charge in [0.05, 0.1) is 0 Å². The van der Waals surface area contributed by atoms with Crippen molar-refractivity contribution in [1.29, 1.82) is 0 Å². The van der Waals surface area contributed by atoms with Gasteiger partial charge >= 0.3 is 0 Å². The first kappa shape index (κ1) is 18.4. The van der Waals surface area contributed by atoms with Crippen molar-refractivity contribution in [3.63, 3.8) is 0 Å². The third-order valence-corrected chi connectivity index (χ3v) is 5.91.